The largest absolute Gasteiger partial charge is 0.486 e. The van der Waals surface area contributed by atoms with Gasteiger partial charge in [-0.1, -0.05) is 91.7 Å². The number of hydrogen-bond acceptors (Lipinski definition) is 7. The van der Waals surface area contributed by atoms with Gasteiger partial charge in [0.2, 0.25) is 0 Å². The molecule has 0 unspecified atom stereocenters. The zero-order valence-corrected chi connectivity index (χ0v) is 26.4. The maximum Gasteiger partial charge on any atom is 0.254 e. The van der Waals surface area contributed by atoms with E-state index in [0.717, 1.165) is 84.2 Å². The molecule has 0 radical (unpaired) electrons. The number of nitrogens with zero attached hydrogens (tertiary/aromatic N) is 4. The topological polar surface area (TPSA) is 74.8 Å². The molecule has 0 amide bonds. The van der Waals surface area contributed by atoms with Crippen LogP contribution in [0.15, 0.2) is 89.5 Å². The summed E-state index contributed by atoms with van der Waals surface area (Å²) in [5.41, 5.74) is 4.33. The Kier molecular flexibility index (Phi) is 10.3. The molecule has 0 aliphatic carbocycles. The zero-order valence-electron chi connectivity index (χ0n) is 25.7. The highest BCUT2D eigenvalue weighted by Crippen LogP contribution is 2.32. The Labute approximate surface area is 269 Å². The molecule has 8 nitrogen and oxygen atoms in total. The van der Waals surface area contributed by atoms with Crippen LogP contribution in [-0.2, 0) is 32.7 Å². The zero-order chi connectivity index (χ0) is 30.8. The van der Waals surface area contributed by atoms with Gasteiger partial charge in [0, 0.05) is 37.7 Å². The molecule has 45 heavy (non-hydrogen) atoms. The summed E-state index contributed by atoms with van der Waals surface area (Å²) in [4.78, 5) is 7.26. The maximum absolute atomic E-state index is 6.90. The van der Waals surface area contributed by atoms with Crippen LogP contribution in [0.3, 0.4) is 0 Å². The van der Waals surface area contributed by atoms with Crippen LogP contribution in [0.4, 0.5) is 0 Å². The summed E-state index contributed by atoms with van der Waals surface area (Å²) in [7, 11) is 0. The van der Waals surface area contributed by atoms with E-state index in [9.17, 15) is 0 Å². The third-order valence-corrected chi connectivity index (χ3v) is 8.14. The number of benzene rings is 3. The Morgan fingerprint density at radius 2 is 1.64 bits per heavy atom. The Bertz CT molecular complexity index is 1650. The van der Waals surface area contributed by atoms with Gasteiger partial charge in [-0.2, -0.15) is 0 Å². The van der Waals surface area contributed by atoms with Crippen LogP contribution in [0.5, 0.6) is 17.4 Å². The molecule has 234 valence electrons. The van der Waals surface area contributed by atoms with E-state index in [0.29, 0.717) is 43.9 Å². The van der Waals surface area contributed by atoms with Crippen LogP contribution in [0, 0.1) is 0 Å². The fourth-order valence-electron chi connectivity index (χ4n) is 5.53. The fourth-order valence-corrected chi connectivity index (χ4v) is 5.77. The standard InChI is InChI=1S/C36H39ClN4O4/c1-2-3-19-41-31(35(37)38-36(41)29-13-8-5-9-14-29)25-40(24-28-16-17-32-33(22-28)43-21-20-42-32)18-10-15-30-23-34(39-45-30)44-26-27-11-6-4-7-12-27/h4-9,11-14,16-17,22-23H,2-3,10,15,18-21,24-26H2,1H3. The van der Waals surface area contributed by atoms with E-state index >= 15 is 0 Å². The highest BCUT2D eigenvalue weighted by Gasteiger charge is 2.21. The van der Waals surface area contributed by atoms with Gasteiger partial charge in [0.1, 0.15) is 31.4 Å². The average molecular weight is 627 g/mol. The Balaban J connectivity index is 1.18. The molecular weight excluding hydrogens is 588 g/mol. The lowest BCUT2D eigenvalue weighted by molar-refractivity contribution is 0.171. The number of imidazole rings is 1. The summed E-state index contributed by atoms with van der Waals surface area (Å²) in [6.07, 6.45) is 3.72. The number of aryl methyl sites for hydroxylation is 1. The quantitative estimate of drug-likeness (QED) is 0.117. The second kappa shape index (κ2) is 15.1. The van der Waals surface area contributed by atoms with Gasteiger partial charge in [0.15, 0.2) is 16.7 Å². The van der Waals surface area contributed by atoms with Crippen molar-refractivity contribution < 1.29 is 18.7 Å². The molecule has 0 N–H and O–H groups in total. The predicted molar refractivity (Wildman–Crippen MR) is 175 cm³/mol. The van der Waals surface area contributed by atoms with E-state index in [2.05, 4.69) is 45.8 Å². The van der Waals surface area contributed by atoms with E-state index in [-0.39, 0.29) is 0 Å². The lowest BCUT2D eigenvalue weighted by Crippen LogP contribution is -2.26. The third kappa shape index (κ3) is 8.07. The number of aromatic nitrogens is 3. The minimum atomic E-state index is 0.452. The van der Waals surface area contributed by atoms with Crippen molar-refractivity contribution in [2.75, 3.05) is 19.8 Å². The first-order valence-electron chi connectivity index (χ1n) is 15.7. The summed E-state index contributed by atoms with van der Waals surface area (Å²) in [6, 6.07) is 28.4. The first-order valence-corrected chi connectivity index (χ1v) is 16.1. The lowest BCUT2D eigenvalue weighted by atomic mass is 10.1. The van der Waals surface area contributed by atoms with Gasteiger partial charge in [-0.05, 0) is 47.8 Å². The highest BCUT2D eigenvalue weighted by atomic mass is 35.5. The van der Waals surface area contributed by atoms with Crippen molar-refractivity contribution in [3.63, 3.8) is 0 Å². The fraction of sp³-hybridized carbons (Fsp3) is 0.333. The molecule has 1 aliphatic heterocycles. The minimum Gasteiger partial charge on any atom is -0.486 e. The van der Waals surface area contributed by atoms with Crippen LogP contribution >= 0.6 is 11.6 Å². The molecular formula is C36H39ClN4O4. The molecule has 5 aromatic rings. The van der Waals surface area contributed by atoms with E-state index in [4.69, 9.17) is 35.3 Å². The van der Waals surface area contributed by atoms with Crippen molar-refractivity contribution in [2.45, 2.75) is 58.8 Å². The number of hydrogen-bond donors (Lipinski definition) is 0. The number of rotatable bonds is 15. The monoisotopic (exact) mass is 626 g/mol. The molecule has 0 saturated carbocycles. The van der Waals surface area contributed by atoms with Gasteiger partial charge < -0.3 is 23.3 Å². The Hall–Kier alpha value is -4.27. The van der Waals surface area contributed by atoms with Gasteiger partial charge in [0.05, 0.1) is 5.69 Å². The van der Waals surface area contributed by atoms with Crippen LogP contribution < -0.4 is 14.2 Å². The molecule has 0 spiro atoms. The lowest BCUT2D eigenvalue weighted by Gasteiger charge is -2.25. The summed E-state index contributed by atoms with van der Waals surface area (Å²) in [5, 5.41) is 4.67. The normalized spacial score (nSPS) is 12.5. The number of halogens is 1. The summed E-state index contributed by atoms with van der Waals surface area (Å²) in [5.74, 6) is 3.80. The second-order valence-corrected chi connectivity index (χ2v) is 11.6. The van der Waals surface area contributed by atoms with Gasteiger partial charge >= 0.3 is 0 Å². The van der Waals surface area contributed by atoms with Gasteiger partial charge in [-0.3, -0.25) is 4.90 Å². The molecule has 6 rings (SSSR count). The maximum atomic E-state index is 6.90. The first-order chi connectivity index (χ1) is 22.2. The van der Waals surface area contributed by atoms with Crippen LogP contribution in [0.2, 0.25) is 5.15 Å². The number of fused-ring (bicyclic) bond motifs is 1. The minimum absolute atomic E-state index is 0.452. The highest BCUT2D eigenvalue weighted by molar-refractivity contribution is 6.30. The van der Waals surface area contributed by atoms with E-state index in [1.807, 2.05) is 60.7 Å². The Morgan fingerprint density at radius 1 is 0.867 bits per heavy atom. The number of ether oxygens (including phenoxy) is 3. The van der Waals surface area contributed by atoms with E-state index in [1.165, 1.54) is 0 Å². The molecule has 9 heteroatoms. The SMILES string of the molecule is CCCCn1c(-c2ccccc2)nc(Cl)c1CN(CCCc1cc(OCc2ccccc2)no1)Cc1ccc2c(c1)OCCO2. The predicted octanol–water partition coefficient (Wildman–Crippen LogP) is 7.98. The van der Waals surface area contributed by atoms with Crippen molar-refractivity contribution in [1.29, 1.82) is 0 Å². The molecule has 2 aromatic heterocycles. The van der Waals surface area contributed by atoms with Gasteiger partial charge in [-0.15, -0.1) is 0 Å². The summed E-state index contributed by atoms with van der Waals surface area (Å²) in [6.45, 7) is 6.83. The molecule has 3 heterocycles. The van der Waals surface area contributed by atoms with Gasteiger partial charge in [0.25, 0.3) is 5.88 Å². The van der Waals surface area contributed by atoms with Crippen molar-refractivity contribution >= 4 is 11.6 Å². The van der Waals surface area contributed by atoms with Crippen LogP contribution in [-0.4, -0.2) is 39.4 Å². The third-order valence-electron chi connectivity index (χ3n) is 7.84. The van der Waals surface area contributed by atoms with Crippen molar-refractivity contribution in [1.82, 2.24) is 19.6 Å². The van der Waals surface area contributed by atoms with E-state index in [1.54, 1.807) is 0 Å². The Morgan fingerprint density at radius 3 is 2.44 bits per heavy atom. The van der Waals surface area contributed by atoms with Crippen molar-refractivity contribution in [3.8, 4) is 28.8 Å². The van der Waals surface area contributed by atoms with Gasteiger partial charge in [-0.25, -0.2) is 4.98 Å². The summed E-state index contributed by atoms with van der Waals surface area (Å²) >= 11 is 6.90. The second-order valence-electron chi connectivity index (χ2n) is 11.2. The number of unbranched alkanes of at least 4 members (excludes halogenated alkanes) is 1. The van der Waals surface area contributed by atoms with Crippen molar-refractivity contribution in [3.05, 3.63) is 113 Å². The van der Waals surface area contributed by atoms with E-state index < -0.39 is 0 Å². The molecule has 1 aliphatic rings. The van der Waals surface area contributed by atoms with Crippen molar-refractivity contribution in [2.24, 2.45) is 0 Å². The average Bonchev–Trinajstić information content (AvgIpc) is 3.67. The van der Waals surface area contributed by atoms with Crippen LogP contribution in [0.1, 0.15) is 48.8 Å². The molecule has 0 fully saturated rings. The van der Waals surface area contributed by atoms with Crippen LogP contribution in [0.25, 0.3) is 11.4 Å². The molecule has 0 atom stereocenters. The first kappa shape index (κ1) is 30.7. The molecule has 3 aromatic carbocycles. The summed E-state index contributed by atoms with van der Waals surface area (Å²) < 4.78 is 25.4. The smallest absolute Gasteiger partial charge is 0.254 e. The molecule has 0 saturated heterocycles. The molecule has 0 bridgehead atoms.